The Morgan fingerprint density at radius 1 is 1.16 bits per heavy atom. The van der Waals surface area contributed by atoms with Crippen molar-refractivity contribution in [1.29, 1.82) is 0 Å². The number of halogens is 2. The second-order valence-corrected chi connectivity index (χ2v) is 8.92. The molecule has 1 fully saturated rings. The summed E-state index contributed by atoms with van der Waals surface area (Å²) in [6, 6.07) is 11.6. The van der Waals surface area contributed by atoms with E-state index >= 15 is 0 Å². The summed E-state index contributed by atoms with van der Waals surface area (Å²) >= 11 is 18.1. The summed E-state index contributed by atoms with van der Waals surface area (Å²) in [6.07, 6.45) is 1.69. The molecule has 0 aromatic heterocycles. The van der Waals surface area contributed by atoms with E-state index in [0.717, 1.165) is 28.0 Å². The zero-order valence-electron chi connectivity index (χ0n) is 16.7. The van der Waals surface area contributed by atoms with Crippen LogP contribution in [0.2, 0.25) is 10.0 Å². The van der Waals surface area contributed by atoms with Crippen molar-refractivity contribution in [3.63, 3.8) is 0 Å². The van der Waals surface area contributed by atoms with Gasteiger partial charge in [-0.15, -0.1) is 0 Å². The van der Waals surface area contributed by atoms with E-state index in [-0.39, 0.29) is 21.5 Å². The van der Waals surface area contributed by atoms with Gasteiger partial charge in [-0.2, -0.15) is 0 Å². The topological polar surface area (TPSA) is 87.7 Å². The van der Waals surface area contributed by atoms with Crippen LogP contribution in [0.15, 0.2) is 47.4 Å². The van der Waals surface area contributed by atoms with Crippen molar-refractivity contribution >= 4 is 75.3 Å². The summed E-state index contributed by atoms with van der Waals surface area (Å²) in [5.41, 5.74) is 5.43. The number of hydrogen-bond acceptors (Lipinski definition) is 6. The fourth-order valence-corrected chi connectivity index (χ4v) is 4.41. The maximum absolute atomic E-state index is 12.7. The molecule has 1 aliphatic heterocycles. The van der Waals surface area contributed by atoms with Gasteiger partial charge in [-0.1, -0.05) is 59.3 Å². The lowest BCUT2D eigenvalue weighted by atomic mass is 10.2. The monoisotopic (exact) mass is 509 g/mol. The number of ether oxygens (including phenoxy) is 1. The smallest absolute Gasteiger partial charge is 0.271 e. The van der Waals surface area contributed by atoms with Crippen LogP contribution < -0.4 is 15.6 Å². The van der Waals surface area contributed by atoms with Crippen LogP contribution in [0.5, 0.6) is 5.75 Å². The first-order valence-corrected chi connectivity index (χ1v) is 11.3. The Balaban J connectivity index is 1.58. The minimum atomic E-state index is -0.624. The Hall–Kier alpha value is -2.59. The van der Waals surface area contributed by atoms with Crippen LogP contribution in [0.1, 0.15) is 22.8 Å². The highest BCUT2D eigenvalue weighted by atomic mass is 35.5. The molecule has 2 N–H and O–H groups in total. The number of nitrogens with one attached hydrogen (secondary N) is 2. The highest BCUT2D eigenvalue weighted by Gasteiger charge is 2.33. The number of thiocarbonyl (C=S) groups is 1. The third-order valence-electron chi connectivity index (χ3n) is 4.16. The molecule has 1 heterocycles. The molecule has 11 heteroatoms. The SMILES string of the molecule is CCOc1ccc(C=C2SC(=S)N(CC(=O)NNC(=O)c3ccc(Cl)cc3Cl)C2=O)cc1. The molecule has 3 rings (SSSR count). The van der Waals surface area contributed by atoms with E-state index in [1.54, 1.807) is 18.2 Å². The molecular formula is C21H17Cl2N3O4S2. The predicted octanol–water partition coefficient (Wildman–Crippen LogP) is 4.05. The summed E-state index contributed by atoms with van der Waals surface area (Å²) in [4.78, 5) is 38.7. The first kappa shape index (κ1) is 24.1. The van der Waals surface area contributed by atoms with Gasteiger partial charge in [0.25, 0.3) is 17.7 Å². The lowest BCUT2D eigenvalue weighted by Gasteiger charge is -2.14. The van der Waals surface area contributed by atoms with Gasteiger partial charge in [-0.05, 0) is 48.9 Å². The van der Waals surface area contributed by atoms with Gasteiger partial charge in [0, 0.05) is 5.02 Å². The number of amides is 3. The van der Waals surface area contributed by atoms with Crippen LogP contribution in [0.3, 0.4) is 0 Å². The first-order valence-electron chi connectivity index (χ1n) is 9.31. The molecule has 0 radical (unpaired) electrons. The Bertz CT molecular complexity index is 1110. The molecule has 2 aromatic rings. The molecule has 0 unspecified atom stereocenters. The highest BCUT2D eigenvalue weighted by molar-refractivity contribution is 8.26. The summed E-state index contributed by atoms with van der Waals surface area (Å²) in [6.45, 7) is 2.11. The third-order valence-corrected chi connectivity index (χ3v) is 6.08. The van der Waals surface area contributed by atoms with Crippen molar-refractivity contribution in [2.45, 2.75) is 6.92 Å². The number of hydrogen-bond donors (Lipinski definition) is 2. The molecule has 32 heavy (non-hydrogen) atoms. The molecule has 3 amide bonds. The highest BCUT2D eigenvalue weighted by Crippen LogP contribution is 2.32. The normalized spacial score (nSPS) is 14.6. The molecule has 0 spiro atoms. The molecule has 1 aliphatic rings. The van der Waals surface area contributed by atoms with Gasteiger partial charge in [0.15, 0.2) is 0 Å². The molecule has 166 valence electrons. The Kier molecular flexibility index (Phi) is 8.14. The number of thioether (sulfide) groups is 1. The number of nitrogens with zero attached hydrogens (tertiary/aromatic N) is 1. The standard InChI is InChI=1S/C21H17Cl2N3O4S2/c1-2-30-14-6-3-12(4-7-14)9-17-20(29)26(21(31)32-17)11-18(27)24-25-19(28)15-8-5-13(22)10-16(15)23/h3-10H,2,11H2,1H3,(H,24,27)(H,25,28). The van der Waals surface area contributed by atoms with Crippen LogP contribution in [0, 0.1) is 0 Å². The van der Waals surface area contributed by atoms with Gasteiger partial charge in [0.1, 0.15) is 16.6 Å². The summed E-state index contributed by atoms with van der Waals surface area (Å²) in [5, 5.41) is 0.517. The Morgan fingerprint density at radius 2 is 1.88 bits per heavy atom. The van der Waals surface area contributed by atoms with E-state index in [1.165, 1.54) is 18.2 Å². The molecule has 2 aromatic carbocycles. The van der Waals surface area contributed by atoms with Crippen LogP contribution >= 0.6 is 47.2 Å². The second-order valence-electron chi connectivity index (χ2n) is 6.40. The van der Waals surface area contributed by atoms with E-state index in [2.05, 4.69) is 10.9 Å². The molecule has 0 saturated carbocycles. The summed E-state index contributed by atoms with van der Waals surface area (Å²) < 4.78 is 5.64. The largest absolute Gasteiger partial charge is 0.494 e. The van der Waals surface area contributed by atoms with Gasteiger partial charge in [-0.25, -0.2) is 0 Å². The number of carbonyl (C=O) groups is 3. The van der Waals surface area contributed by atoms with E-state index < -0.39 is 17.7 Å². The zero-order chi connectivity index (χ0) is 23.3. The van der Waals surface area contributed by atoms with Crippen molar-refractivity contribution in [3.05, 3.63) is 68.5 Å². The predicted molar refractivity (Wildman–Crippen MR) is 130 cm³/mol. The Morgan fingerprint density at radius 3 is 2.53 bits per heavy atom. The number of hydrazine groups is 1. The lowest BCUT2D eigenvalue weighted by molar-refractivity contribution is -0.129. The van der Waals surface area contributed by atoms with Gasteiger partial charge in [0.05, 0.1) is 22.1 Å². The number of rotatable bonds is 6. The maximum Gasteiger partial charge on any atom is 0.271 e. The van der Waals surface area contributed by atoms with E-state index in [4.69, 9.17) is 40.2 Å². The summed E-state index contributed by atoms with van der Waals surface area (Å²) in [7, 11) is 0. The second kappa shape index (κ2) is 10.8. The molecule has 7 nitrogen and oxygen atoms in total. The number of carbonyl (C=O) groups excluding carboxylic acids is 3. The third kappa shape index (κ3) is 6.01. The van der Waals surface area contributed by atoms with Crippen molar-refractivity contribution in [3.8, 4) is 5.75 Å². The average Bonchev–Trinajstić information content (AvgIpc) is 3.01. The minimum Gasteiger partial charge on any atom is -0.494 e. The fraction of sp³-hybridized carbons (Fsp3) is 0.143. The molecule has 1 saturated heterocycles. The Labute approximate surface area is 204 Å². The van der Waals surface area contributed by atoms with Crippen molar-refractivity contribution in [2.24, 2.45) is 0 Å². The van der Waals surface area contributed by atoms with Crippen molar-refractivity contribution in [2.75, 3.05) is 13.2 Å². The summed E-state index contributed by atoms with van der Waals surface area (Å²) in [5.74, 6) is -0.908. The van der Waals surface area contributed by atoms with Gasteiger partial charge in [-0.3, -0.25) is 30.1 Å². The van der Waals surface area contributed by atoms with E-state index in [1.807, 2.05) is 19.1 Å². The van der Waals surface area contributed by atoms with Crippen LogP contribution in [0.25, 0.3) is 6.08 Å². The molecule has 0 bridgehead atoms. The van der Waals surface area contributed by atoms with Gasteiger partial charge in [0.2, 0.25) is 0 Å². The van der Waals surface area contributed by atoms with Gasteiger partial charge < -0.3 is 4.74 Å². The lowest BCUT2D eigenvalue weighted by Crippen LogP contribution is -2.47. The average molecular weight is 510 g/mol. The van der Waals surface area contributed by atoms with Crippen LogP contribution in [0.4, 0.5) is 0 Å². The molecule has 0 atom stereocenters. The minimum absolute atomic E-state index is 0.139. The number of benzene rings is 2. The maximum atomic E-state index is 12.7. The van der Waals surface area contributed by atoms with Crippen LogP contribution in [-0.2, 0) is 9.59 Å². The van der Waals surface area contributed by atoms with Crippen LogP contribution in [-0.4, -0.2) is 40.1 Å². The van der Waals surface area contributed by atoms with Crippen molar-refractivity contribution in [1.82, 2.24) is 15.8 Å². The molecule has 0 aliphatic carbocycles. The van der Waals surface area contributed by atoms with E-state index in [0.29, 0.717) is 16.5 Å². The fourth-order valence-electron chi connectivity index (χ4n) is 2.67. The quantitative estimate of drug-likeness (QED) is 0.347. The first-order chi connectivity index (χ1) is 15.3. The zero-order valence-corrected chi connectivity index (χ0v) is 19.8. The molecular weight excluding hydrogens is 493 g/mol. The van der Waals surface area contributed by atoms with Crippen molar-refractivity contribution < 1.29 is 19.1 Å². The van der Waals surface area contributed by atoms with Gasteiger partial charge >= 0.3 is 0 Å². The van der Waals surface area contributed by atoms with E-state index in [9.17, 15) is 14.4 Å².